The summed E-state index contributed by atoms with van der Waals surface area (Å²) in [6.45, 7) is 0.571. The standard InChI is InChI=1S/C11H10Cl3N3/c1-17-3-2-15-11(17)6-16-10-5-8(13)7(12)4-9(10)14/h2-5,16H,6H2,1H3. The zero-order valence-corrected chi connectivity index (χ0v) is 11.3. The van der Waals surface area contributed by atoms with E-state index in [4.69, 9.17) is 34.8 Å². The highest BCUT2D eigenvalue weighted by Crippen LogP contribution is 2.32. The van der Waals surface area contributed by atoms with Gasteiger partial charge in [0.1, 0.15) is 5.82 Å². The number of halogens is 3. The van der Waals surface area contributed by atoms with Crippen molar-refractivity contribution in [2.75, 3.05) is 5.32 Å². The van der Waals surface area contributed by atoms with Crippen LogP contribution in [0.5, 0.6) is 0 Å². The molecule has 0 unspecified atom stereocenters. The summed E-state index contributed by atoms with van der Waals surface area (Å²) < 4.78 is 1.93. The lowest BCUT2D eigenvalue weighted by molar-refractivity contribution is 0.813. The topological polar surface area (TPSA) is 29.9 Å². The van der Waals surface area contributed by atoms with Gasteiger partial charge in [-0.1, -0.05) is 34.8 Å². The summed E-state index contributed by atoms with van der Waals surface area (Å²) in [5.74, 6) is 0.909. The third-order valence-corrected chi connectivity index (χ3v) is 3.40. The minimum atomic E-state index is 0.444. The number of hydrogen-bond acceptors (Lipinski definition) is 2. The first-order valence-corrected chi connectivity index (χ1v) is 6.06. The van der Waals surface area contributed by atoms with Gasteiger partial charge >= 0.3 is 0 Å². The molecule has 0 atom stereocenters. The highest BCUT2D eigenvalue weighted by atomic mass is 35.5. The number of imidazole rings is 1. The third kappa shape index (κ3) is 2.86. The van der Waals surface area contributed by atoms with Crippen molar-refractivity contribution < 1.29 is 0 Å². The molecule has 0 aliphatic heterocycles. The van der Waals surface area contributed by atoms with Gasteiger partial charge in [0.2, 0.25) is 0 Å². The van der Waals surface area contributed by atoms with Crippen molar-refractivity contribution in [2.24, 2.45) is 7.05 Å². The molecule has 90 valence electrons. The number of benzene rings is 1. The van der Waals surface area contributed by atoms with Gasteiger partial charge in [0.25, 0.3) is 0 Å². The highest BCUT2D eigenvalue weighted by Gasteiger charge is 2.06. The Morgan fingerprint density at radius 2 is 1.88 bits per heavy atom. The molecule has 0 saturated heterocycles. The third-order valence-electron chi connectivity index (χ3n) is 2.37. The summed E-state index contributed by atoms with van der Waals surface area (Å²) in [4.78, 5) is 4.20. The summed E-state index contributed by atoms with van der Waals surface area (Å²) >= 11 is 17.8. The van der Waals surface area contributed by atoms with Crippen LogP contribution in [0.25, 0.3) is 0 Å². The normalized spacial score (nSPS) is 10.6. The van der Waals surface area contributed by atoms with Crippen LogP contribution in [0.2, 0.25) is 15.1 Å². The van der Waals surface area contributed by atoms with Crippen LogP contribution in [0, 0.1) is 0 Å². The molecule has 0 aliphatic rings. The fourth-order valence-electron chi connectivity index (χ4n) is 1.40. The molecule has 1 N–H and O–H groups in total. The van der Waals surface area contributed by atoms with Gasteiger partial charge < -0.3 is 9.88 Å². The number of hydrogen-bond donors (Lipinski definition) is 1. The molecule has 1 aromatic heterocycles. The van der Waals surface area contributed by atoms with Gasteiger partial charge in [0.15, 0.2) is 0 Å². The van der Waals surface area contributed by atoms with Crippen molar-refractivity contribution in [3.63, 3.8) is 0 Å². The summed E-state index contributed by atoms with van der Waals surface area (Å²) in [5.41, 5.74) is 0.740. The first-order chi connectivity index (χ1) is 8.08. The number of rotatable bonds is 3. The van der Waals surface area contributed by atoms with Crippen molar-refractivity contribution in [2.45, 2.75) is 6.54 Å². The number of anilines is 1. The SMILES string of the molecule is Cn1ccnc1CNc1cc(Cl)c(Cl)cc1Cl. The van der Waals surface area contributed by atoms with E-state index in [-0.39, 0.29) is 0 Å². The fraction of sp³-hybridized carbons (Fsp3) is 0.182. The summed E-state index contributed by atoms with van der Waals surface area (Å²) in [7, 11) is 1.93. The highest BCUT2D eigenvalue weighted by molar-refractivity contribution is 6.44. The van der Waals surface area contributed by atoms with E-state index in [1.807, 2.05) is 17.8 Å². The predicted molar refractivity (Wildman–Crippen MR) is 72.0 cm³/mol. The van der Waals surface area contributed by atoms with E-state index < -0.39 is 0 Å². The van der Waals surface area contributed by atoms with E-state index in [9.17, 15) is 0 Å². The first-order valence-electron chi connectivity index (χ1n) is 4.92. The average molecular weight is 291 g/mol. The molecule has 2 rings (SSSR count). The minimum Gasteiger partial charge on any atom is -0.377 e. The second-order valence-corrected chi connectivity index (χ2v) is 4.78. The van der Waals surface area contributed by atoms with Crippen LogP contribution >= 0.6 is 34.8 Å². The second kappa shape index (κ2) is 5.17. The van der Waals surface area contributed by atoms with Crippen molar-refractivity contribution in [3.05, 3.63) is 45.4 Å². The number of nitrogens with one attached hydrogen (secondary N) is 1. The Bertz CT molecular complexity index is 537. The minimum absolute atomic E-state index is 0.444. The van der Waals surface area contributed by atoms with Gasteiger partial charge in [0, 0.05) is 19.4 Å². The molecule has 1 aromatic carbocycles. The van der Waals surface area contributed by atoms with Gasteiger partial charge in [-0.15, -0.1) is 0 Å². The van der Waals surface area contributed by atoms with Crippen molar-refractivity contribution in [1.29, 1.82) is 0 Å². The maximum atomic E-state index is 6.05. The summed E-state index contributed by atoms with van der Waals surface area (Å²) in [6.07, 6.45) is 3.63. The number of aryl methyl sites for hydroxylation is 1. The quantitative estimate of drug-likeness (QED) is 0.866. The first kappa shape index (κ1) is 12.6. The maximum absolute atomic E-state index is 6.05. The van der Waals surface area contributed by atoms with Gasteiger partial charge in [-0.25, -0.2) is 4.98 Å². The lowest BCUT2D eigenvalue weighted by atomic mass is 10.3. The van der Waals surface area contributed by atoms with Crippen LogP contribution in [0.3, 0.4) is 0 Å². The Morgan fingerprint density at radius 3 is 2.53 bits per heavy atom. The molecule has 0 saturated carbocycles. The zero-order chi connectivity index (χ0) is 12.4. The zero-order valence-electron chi connectivity index (χ0n) is 9.04. The van der Waals surface area contributed by atoms with E-state index in [2.05, 4.69) is 10.3 Å². The fourth-order valence-corrected chi connectivity index (χ4v) is 2.01. The maximum Gasteiger partial charge on any atom is 0.127 e. The van der Waals surface area contributed by atoms with E-state index >= 15 is 0 Å². The van der Waals surface area contributed by atoms with Gasteiger partial charge in [0.05, 0.1) is 27.3 Å². The molecule has 0 spiro atoms. The summed E-state index contributed by atoms with van der Waals surface area (Å²) in [6, 6.07) is 3.32. The molecule has 0 amide bonds. The van der Waals surface area contributed by atoms with E-state index in [1.54, 1.807) is 18.3 Å². The molecule has 0 bridgehead atoms. The number of aromatic nitrogens is 2. The molecule has 1 heterocycles. The van der Waals surface area contributed by atoms with E-state index in [1.165, 1.54) is 0 Å². The van der Waals surface area contributed by atoms with Crippen LogP contribution in [0.15, 0.2) is 24.5 Å². The largest absolute Gasteiger partial charge is 0.377 e. The Hall–Kier alpha value is -0.900. The summed E-state index contributed by atoms with van der Waals surface area (Å²) in [5, 5.41) is 4.62. The van der Waals surface area contributed by atoms with E-state index in [0.717, 1.165) is 11.5 Å². The Balaban J connectivity index is 2.14. The molecule has 0 fully saturated rings. The smallest absolute Gasteiger partial charge is 0.127 e. The van der Waals surface area contributed by atoms with Gasteiger partial charge in [-0.2, -0.15) is 0 Å². The Kier molecular flexibility index (Phi) is 3.82. The van der Waals surface area contributed by atoms with Crippen molar-refractivity contribution in [1.82, 2.24) is 9.55 Å². The molecule has 0 radical (unpaired) electrons. The monoisotopic (exact) mass is 289 g/mol. The molecule has 3 nitrogen and oxygen atoms in total. The molecule has 0 aliphatic carbocycles. The van der Waals surface area contributed by atoms with E-state index in [0.29, 0.717) is 21.6 Å². The van der Waals surface area contributed by atoms with Gasteiger partial charge in [-0.05, 0) is 12.1 Å². The molecule has 6 heteroatoms. The molecule has 17 heavy (non-hydrogen) atoms. The predicted octanol–water partition coefficient (Wildman–Crippen LogP) is 3.99. The van der Waals surface area contributed by atoms with Crippen LogP contribution in [0.4, 0.5) is 5.69 Å². The lowest BCUT2D eigenvalue weighted by Gasteiger charge is -2.09. The molecular weight excluding hydrogens is 281 g/mol. The van der Waals surface area contributed by atoms with Crippen molar-refractivity contribution in [3.8, 4) is 0 Å². The second-order valence-electron chi connectivity index (χ2n) is 3.55. The van der Waals surface area contributed by atoms with Gasteiger partial charge in [-0.3, -0.25) is 0 Å². The van der Waals surface area contributed by atoms with Crippen LogP contribution in [-0.2, 0) is 13.6 Å². The Morgan fingerprint density at radius 1 is 1.18 bits per heavy atom. The van der Waals surface area contributed by atoms with Crippen LogP contribution in [-0.4, -0.2) is 9.55 Å². The Labute approximate surface area is 114 Å². The molecule has 2 aromatic rings. The van der Waals surface area contributed by atoms with Crippen LogP contribution in [0.1, 0.15) is 5.82 Å². The van der Waals surface area contributed by atoms with Crippen LogP contribution < -0.4 is 5.32 Å². The lowest BCUT2D eigenvalue weighted by Crippen LogP contribution is -2.05. The molecular formula is C11H10Cl3N3. The number of nitrogens with zero attached hydrogens (tertiary/aromatic N) is 2. The van der Waals surface area contributed by atoms with Crippen molar-refractivity contribution >= 4 is 40.5 Å². The average Bonchev–Trinajstić information content (AvgIpc) is 2.68.